The number of fused-ring (bicyclic) bond motifs is 4. The lowest BCUT2D eigenvalue weighted by atomic mass is 9.51. The Balaban J connectivity index is 1.51. The molecule has 2 saturated carbocycles. The first-order valence-corrected chi connectivity index (χ1v) is 13.2. The van der Waals surface area contributed by atoms with Gasteiger partial charge in [-0.2, -0.15) is 0 Å². The van der Waals surface area contributed by atoms with E-state index in [0.29, 0.717) is 30.0 Å². The molecule has 1 N–H and O–H groups in total. The molecule has 3 heteroatoms. The zero-order valence-electron chi connectivity index (χ0n) is 20.7. The summed E-state index contributed by atoms with van der Waals surface area (Å²) < 4.78 is 5.69. The van der Waals surface area contributed by atoms with Crippen LogP contribution in [0.2, 0.25) is 0 Å². The average molecular weight is 449 g/mol. The molecule has 5 rings (SSSR count). The molecular weight excluding hydrogens is 408 g/mol. The number of carbonyl (C=O) groups excluding carboxylic acids is 1. The van der Waals surface area contributed by atoms with Crippen LogP contribution in [-0.2, 0) is 16.0 Å². The van der Waals surface area contributed by atoms with E-state index < -0.39 is 5.60 Å². The van der Waals surface area contributed by atoms with Crippen molar-refractivity contribution in [3.63, 3.8) is 0 Å². The predicted octanol–water partition coefficient (Wildman–Crippen LogP) is 6.31. The van der Waals surface area contributed by atoms with Crippen molar-refractivity contribution < 1.29 is 14.6 Å². The van der Waals surface area contributed by atoms with Gasteiger partial charge in [-0.3, -0.25) is 4.79 Å². The van der Waals surface area contributed by atoms with Gasteiger partial charge in [-0.15, -0.1) is 0 Å². The standard InChI is InChI=1S/C30H40O3/c1-4-16-33-17-14-20-5-7-21(8-6-20)26-19-29(2)27(13-15-30(29,3)32)25-11-9-22-18-23(31)10-12-24(22)28(25)26/h5-8,18,25-27,32H,4,9-17,19H2,1-3H3/t25?,26-,27?,29?,30+/m1/s1. The van der Waals surface area contributed by atoms with E-state index in [4.69, 9.17) is 4.74 Å². The third kappa shape index (κ3) is 3.96. The van der Waals surface area contributed by atoms with Crippen molar-refractivity contribution in [2.24, 2.45) is 17.3 Å². The number of benzene rings is 1. The average Bonchev–Trinajstić information content (AvgIpc) is 3.05. The van der Waals surface area contributed by atoms with E-state index in [1.165, 1.54) is 22.3 Å². The second kappa shape index (κ2) is 8.82. The first kappa shape index (κ1) is 23.1. The minimum Gasteiger partial charge on any atom is -0.390 e. The molecule has 0 aliphatic heterocycles. The molecule has 0 saturated heterocycles. The summed E-state index contributed by atoms with van der Waals surface area (Å²) in [5.41, 5.74) is 6.43. The van der Waals surface area contributed by atoms with Crippen LogP contribution in [0, 0.1) is 17.3 Å². The van der Waals surface area contributed by atoms with Gasteiger partial charge in [-0.25, -0.2) is 0 Å². The highest BCUT2D eigenvalue weighted by Crippen LogP contribution is 2.66. The predicted molar refractivity (Wildman–Crippen MR) is 132 cm³/mol. The molecule has 1 aromatic carbocycles. The van der Waals surface area contributed by atoms with E-state index in [1.54, 1.807) is 5.57 Å². The van der Waals surface area contributed by atoms with E-state index in [2.05, 4.69) is 45.0 Å². The van der Waals surface area contributed by atoms with Crippen LogP contribution in [0.1, 0.15) is 89.2 Å². The fourth-order valence-corrected chi connectivity index (χ4v) is 7.53. The molecule has 2 fully saturated rings. The zero-order valence-corrected chi connectivity index (χ0v) is 20.7. The maximum absolute atomic E-state index is 12.2. The minimum absolute atomic E-state index is 0.0647. The molecule has 1 aromatic rings. The van der Waals surface area contributed by atoms with Gasteiger partial charge in [0.25, 0.3) is 0 Å². The van der Waals surface area contributed by atoms with E-state index >= 15 is 0 Å². The van der Waals surface area contributed by atoms with E-state index in [9.17, 15) is 9.90 Å². The number of hydrogen-bond acceptors (Lipinski definition) is 3. The maximum atomic E-state index is 12.2. The minimum atomic E-state index is -0.610. The summed E-state index contributed by atoms with van der Waals surface area (Å²) in [5, 5.41) is 11.5. The van der Waals surface area contributed by atoms with Crippen molar-refractivity contribution in [3.05, 3.63) is 58.2 Å². The number of rotatable bonds is 6. The number of aliphatic hydroxyl groups is 1. The summed E-state index contributed by atoms with van der Waals surface area (Å²) >= 11 is 0. The highest BCUT2D eigenvalue weighted by atomic mass is 16.5. The van der Waals surface area contributed by atoms with Crippen molar-refractivity contribution in [2.45, 2.75) is 90.1 Å². The number of ether oxygens (including phenoxy) is 1. The van der Waals surface area contributed by atoms with Gasteiger partial charge in [0, 0.05) is 24.4 Å². The van der Waals surface area contributed by atoms with Gasteiger partial charge in [0.05, 0.1) is 12.2 Å². The van der Waals surface area contributed by atoms with Crippen LogP contribution in [0.25, 0.3) is 0 Å². The van der Waals surface area contributed by atoms with Gasteiger partial charge in [0.1, 0.15) is 0 Å². The Kier molecular flexibility index (Phi) is 6.16. The quantitative estimate of drug-likeness (QED) is 0.519. The highest BCUT2D eigenvalue weighted by Gasteiger charge is 2.60. The van der Waals surface area contributed by atoms with Crippen LogP contribution >= 0.6 is 0 Å². The van der Waals surface area contributed by atoms with Crippen LogP contribution < -0.4 is 0 Å². The summed E-state index contributed by atoms with van der Waals surface area (Å²) in [4.78, 5) is 12.2. The van der Waals surface area contributed by atoms with E-state index in [0.717, 1.165) is 64.6 Å². The van der Waals surface area contributed by atoms with Gasteiger partial charge < -0.3 is 9.84 Å². The molecule has 0 amide bonds. The summed E-state index contributed by atoms with van der Waals surface area (Å²) in [7, 11) is 0. The summed E-state index contributed by atoms with van der Waals surface area (Å²) in [6.45, 7) is 8.18. The monoisotopic (exact) mass is 448 g/mol. The fraction of sp³-hybridized carbons (Fsp3) is 0.633. The fourth-order valence-electron chi connectivity index (χ4n) is 7.53. The molecule has 4 aliphatic rings. The second-order valence-corrected chi connectivity index (χ2v) is 11.4. The normalized spacial score (nSPS) is 35.7. The Morgan fingerprint density at radius 2 is 1.85 bits per heavy atom. The zero-order chi connectivity index (χ0) is 23.2. The lowest BCUT2D eigenvalue weighted by Gasteiger charge is -2.54. The van der Waals surface area contributed by atoms with Crippen LogP contribution in [0.4, 0.5) is 0 Å². The first-order chi connectivity index (χ1) is 15.8. The highest BCUT2D eigenvalue weighted by molar-refractivity contribution is 5.93. The molecule has 33 heavy (non-hydrogen) atoms. The van der Waals surface area contributed by atoms with E-state index in [-0.39, 0.29) is 5.41 Å². The lowest BCUT2D eigenvalue weighted by molar-refractivity contribution is -0.114. The molecule has 178 valence electrons. The first-order valence-electron chi connectivity index (χ1n) is 13.2. The molecule has 0 spiro atoms. The second-order valence-electron chi connectivity index (χ2n) is 11.4. The van der Waals surface area contributed by atoms with Crippen molar-refractivity contribution in [2.75, 3.05) is 13.2 Å². The van der Waals surface area contributed by atoms with Gasteiger partial charge in [-0.1, -0.05) is 43.7 Å². The number of carbonyl (C=O) groups is 1. The van der Waals surface area contributed by atoms with Crippen LogP contribution in [0.3, 0.4) is 0 Å². The third-order valence-corrected chi connectivity index (χ3v) is 9.56. The Hall–Kier alpha value is -1.71. The van der Waals surface area contributed by atoms with Crippen molar-refractivity contribution in [3.8, 4) is 0 Å². The molecular formula is C30H40O3. The molecule has 0 bridgehead atoms. The lowest BCUT2D eigenvalue weighted by Crippen LogP contribution is -2.50. The molecule has 3 unspecified atom stereocenters. The topological polar surface area (TPSA) is 46.5 Å². The number of ketones is 1. The Bertz CT molecular complexity index is 967. The molecule has 3 nitrogen and oxygen atoms in total. The van der Waals surface area contributed by atoms with Gasteiger partial charge in [-0.05, 0) is 98.5 Å². The van der Waals surface area contributed by atoms with Crippen molar-refractivity contribution in [1.82, 2.24) is 0 Å². The largest absolute Gasteiger partial charge is 0.390 e. The van der Waals surface area contributed by atoms with Gasteiger partial charge in [0.2, 0.25) is 0 Å². The van der Waals surface area contributed by atoms with Crippen LogP contribution in [-0.4, -0.2) is 29.7 Å². The molecule has 5 atom stereocenters. The molecule has 0 radical (unpaired) electrons. The Labute approximate surface area is 199 Å². The number of allylic oxidation sites excluding steroid dienone is 4. The number of hydrogen-bond donors (Lipinski definition) is 1. The van der Waals surface area contributed by atoms with Crippen molar-refractivity contribution in [1.29, 1.82) is 0 Å². The summed E-state index contributed by atoms with van der Waals surface area (Å²) in [5.74, 6) is 1.70. The Morgan fingerprint density at radius 3 is 2.61 bits per heavy atom. The maximum Gasteiger partial charge on any atom is 0.156 e. The van der Waals surface area contributed by atoms with Gasteiger partial charge in [0.15, 0.2) is 5.78 Å². The van der Waals surface area contributed by atoms with Crippen LogP contribution in [0.5, 0.6) is 0 Å². The Morgan fingerprint density at radius 1 is 1.06 bits per heavy atom. The van der Waals surface area contributed by atoms with Gasteiger partial charge >= 0.3 is 0 Å². The summed E-state index contributed by atoms with van der Waals surface area (Å²) in [6.07, 6.45) is 10.7. The summed E-state index contributed by atoms with van der Waals surface area (Å²) in [6, 6.07) is 9.19. The third-order valence-electron chi connectivity index (χ3n) is 9.56. The van der Waals surface area contributed by atoms with Crippen molar-refractivity contribution >= 4 is 5.78 Å². The SMILES string of the molecule is CCCOCCc1ccc([C@H]2CC3(C)C(CC[C@]3(C)O)C3CCC4=CC(=O)CCC4=C32)cc1. The van der Waals surface area contributed by atoms with E-state index in [1.807, 2.05) is 6.08 Å². The van der Waals surface area contributed by atoms with Crippen LogP contribution in [0.15, 0.2) is 47.1 Å². The molecule has 4 aliphatic carbocycles. The smallest absolute Gasteiger partial charge is 0.156 e. The molecule has 0 aromatic heterocycles. The molecule has 0 heterocycles.